The molecule has 1 rings (SSSR count). The number of carbonyl (C=O) groups is 2. The van der Waals surface area contributed by atoms with Crippen LogP contribution in [0.4, 0.5) is 5.69 Å². The fourth-order valence-electron chi connectivity index (χ4n) is 1.14. The predicted molar refractivity (Wildman–Crippen MR) is 51.1 cm³/mol. The maximum atomic E-state index is 10.9. The molecule has 0 atom stereocenters. The number of Topliss-reactive ketones (excluding diaryl/α,β-unsaturated/α-hetero) is 1. The van der Waals surface area contributed by atoms with Gasteiger partial charge in [0.2, 0.25) is 5.78 Å². The third-order valence-electron chi connectivity index (χ3n) is 1.85. The van der Waals surface area contributed by atoms with Gasteiger partial charge in [0, 0.05) is 18.1 Å². The molecule has 2 N–H and O–H groups in total. The number of hydrogen-bond donors (Lipinski definition) is 2. The van der Waals surface area contributed by atoms with E-state index >= 15 is 0 Å². The van der Waals surface area contributed by atoms with Gasteiger partial charge in [-0.1, -0.05) is 0 Å². The molecule has 0 bridgehead atoms. The minimum atomic E-state index is -1.67. The van der Waals surface area contributed by atoms with Gasteiger partial charge in [0.25, 0.3) is 5.69 Å². The molecule has 1 aromatic rings. The van der Waals surface area contributed by atoms with Crippen LogP contribution >= 0.6 is 0 Å². The summed E-state index contributed by atoms with van der Waals surface area (Å²) in [6.45, 7) is 0. The topological polar surface area (TPSA) is 118 Å². The van der Waals surface area contributed by atoms with Gasteiger partial charge in [-0.05, 0) is 12.1 Å². The van der Waals surface area contributed by atoms with Crippen molar-refractivity contribution in [2.45, 2.75) is 6.42 Å². The molecule has 0 radical (unpaired) electrons. The van der Waals surface area contributed by atoms with E-state index < -0.39 is 28.8 Å². The van der Waals surface area contributed by atoms with Crippen LogP contribution in [0.3, 0.4) is 0 Å². The number of nitro groups is 1. The summed E-state index contributed by atoms with van der Waals surface area (Å²) >= 11 is 0. The number of aliphatic carboxylic acids is 1. The molecular weight excluding hydrogens is 218 g/mol. The van der Waals surface area contributed by atoms with Crippen molar-refractivity contribution in [1.82, 2.24) is 0 Å². The SMILES string of the molecule is O=C(O)C(=O)Cc1cc(O)ccc1[N+](=O)[O-]. The van der Waals surface area contributed by atoms with E-state index in [4.69, 9.17) is 10.2 Å². The van der Waals surface area contributed by atoms with Gasteiger partial charge in [0.15, 0.2) is 0 Å². The van der Waals surface area contributed by atoms with Crippen molar-refractivity contribution < 1.29 is 24.7 Å². The molecule has 16 heavy (non-hydrogen) atoms. The second-order valence-electron chi connectivity index (χ2n) is 2.98. The van der Waals surface area contributed by atoms with Crippen molar-refractivity contribution in [2.75, 3.05) is 0 Å². The lowest BCUT2D eigenvalue weighted by Crippen LogP contribution is -2.15. The smallest absolute Gasteiger partial charge is 0.372 e. The Balaban J connectivity index is 3.10. The third kappa shape index (κ3) is 2.53. The number of carboxylic acids is 1. The van der Waals surface area contributed by atoms with Crippen molar-refractivity contribution in [1.29, 1.82) is 0 Å². The molecule has 0 saturated heterocycles. The fraction of sp³-hybridized carbons (Fsp3) is 0.111. The van der Waals surface area contributed by atoms with Crippen molar-refractivity contribution in [2.24, 2.45) is 0 Å². The predicted octanol–water partition coefficient (Wildman–Crippen LogP) is 0.497. The number of carbonyl (C=O) groups excluding carboxylic acids is 1. The second kappa shape index (κ2) is 4.39. The molecule has 7 nitrogen and oxygen atoms in total. The van der Waals surface area contributed by atoms with E-state index in [2.05, 4.69) is 0 Å². The Hall–Kier alpha value is -2.44. The highest BCUT2D eigenvalue weighted by Gasteiger charge is 2.20. The number of phenols is 1. The van der Waals surface area contributed by atoms with Crippen molar-refractivity contribution in [3.05, 3.63) is 33.9 Å². The largest absolute Gasteiger partial charge is 0.508 e. The number of phenolic OH excluding ortho intramolecular Hbond substituents is 1. The Morgan fingerprint density at radius 2 is 2.00 bits per heavy atom. The first-order chi connectivity index (χ1) is 7.41. The number of nitrogens with zero attached hydrogens (tertiary/aromatic N) is 1. The molecule has 0 spiro atoms. The Kier molecular flexibility index (Phi) is 3.19. The van der Waals surface area contributed by atoms with Crippen molar-refractivity contribution in [3.63, 3.8) is 0 Å². The second-order valence-corrected chi connectivity index (χ2v) is 2.98. The highest BCUT2D eigenvalue weighted by molar-refractivity contribution is 6.33. The first-order valence-corrected chi connectivity index (χ1v) is 4.14. The minimum Gasteiger partial charge on any atom is -0.508 e. The quantitative estimate of drug-likeness (QED) is 0.437. The van der Waals surface area contributed by atoms with E-state index in [1.165, 1.54) is 0 Å². The van der Waals surface area contributed by atoms with Crippen LogP contribution in [-0.4, -0.2) is 26.9 Å². The van der Waals surface area contributed by atoms with Gasteiger partial charge in [0.1, 0.15) is 5.75 Å². The van der Waals surface area contributed by atoms with Crippen molar-refractivity contribution >= 4 is 17.4 Å². The summed E-state index contributed by atoms with van der Waals surface area (Å²) in [7, 11) is 0. The van der Waals surface area contributed by atoms with Gasteiger partial charge in [-0.2, -0.15) is 0 Å². The first kappa shape index (κ1) is 11.6. The summed E-state index contributed by atoms with van der Waals surface area (Å²) in [6, 6.07) is 3.10. The molecule has 0 saturated carbocycles. The summed E-state index contributed by atoms with van der Waals surface area (Å²) in [4.78, 5) is 31.0. The lowest BCUT2D eigenvalue weighted by Gasteiger charge is -2.01. The molecule has 7 heteroatoms. The maximum absolute atomic E-state index is 10.9. The lowest BCUT2D eigenvalue weighted by atomic mass is 10.1. The average molecular weight is 225 g/mol. The van der Waals surface area contributed by atoms with Crippen LogP contribution in [0.25, 0.3) is 0 Å². The molecule has 0 aliphatic rings. The molecule has 0 heterocycles. The van der Waals surface area contributed by atoms with Crippen LogP contribution in [-0.2, 0) is 16.0 Å². The zero-order valence-corrected chi connectivity index (χ0v) is 7.91. The van der Waals surface area contributed by atoms with Gasteiger partial charge in [-0.3, -0.25) is 14.9 Å². The molecule has 84 valence electrons. The minimum absolute atomic E-state index is 0.127. The zero-order chi connectivity index (χ0) is 12.3. The van der Waals surface area contributed by atoms with Crippen LogP contribution < -0.4 is 0 Å². The maximum Gasteiger partial charge on any atom is 0.372 e. The first-order valence-electron chi connectivity index (χ1n) is 4.14. The molecule has 1 aromatic carbocycles. The standard InChI is InChI=1S/C9H7NO6/c11-6-1-2-7(10(15)16)5(3-6)4-8(12)9(13)14/h1-3,11H,4H2,(H,13,14). The van der Waals surface area contributed by atoms with Gasteiger partial charge in [0.05, 0.1) is 4.92 Å². The fourth-order valence-corrected chi connectivity index (χ4v) is 1.14. The molecule has 0 fully saturated rings. The number of aromatic hydroxyl groups is 1. The van der Waals surface area contributed by atoms with Crippen LogP contribution in [0.2, 0.25) is 0 Å². The summed E-state index contributed by atoms with van der Waals surface area (Å²) in [6.07, 6.45) is -0.625. The van der Waals surface area contributed by atoms with Gasteiger partial charge in [-0.15, -0.1) is 0 Å². The normalized spacial score (nSPS) is 9.75. The highest BCUT2D eigenvalue weighted by atomic mass is 16.6. The molecule has 0 aliphatic heterocycles. The van der Waals surface area contributed by atoms with E-state index in [0.29, 0.717) is 0 Å². The lowest BCUT2D eigenvalue weighted by molar-refractivity contribution is -0.385. The number of ketones is 1. The summed E-state index contributed by atoms with van der Waals surface area (Å²) in [5, 5.41) is 28.0. The number of hydrogen-bond acceptors (Lipinski definition) is 5. The van der Waals surface area contributed by atoms with Crippen LogP contribution in [0.1, 0.15) is 5.56 Å². The summed E-state index contributed by atoms with van der Waals surface area (Å²) < 4.78 is 0. The number of benzene rings is 1. The van der Waals surface area contributed by atoms with Gasteiger partial charge < -0.3 is 10.2 Å². The Bertz CT molecular complexity index is 467. The molecular formula is C9H7NO6. The van der Waals surface area contributed by atoms with Crippen LogP contribution in [0, 0.1) is 10.1 Å². The van der Waals surface area contributed by atoms with E-state index in [0.717, 1.165) is 18.2 Å². The average Bonchev–Trinajstić information content (AvgIpc) is 2.16. The molecule has 0 unspecified atom stereocenters. The monoisotopic (exact) mass is 225 g/mol. The van der Waals surface area contributed by atoms with E-state index in [1.54, 1.807) is 0 Å². The summed E-state index contributed by atoms with van der Waals surface area (Å²) in [5.74, 6) is -3.11. The Morgan fingerprint density at radius 1 is 1.38 bits per heavy atom. The van der Waals surface area contributed by atoms with Crippen LogP contribution in [0.15, 0.2) is 18.2 Å². The van der Waals surface area contributed by atoms with Crippen LogP contribution in [0.5, 0.6) is 5.75 Å². The number of carboxylic acid groups (broad SMARTS) is 1. The zero-order valence-electron chi connectivity index (χ0n) is 7.91. The van der Waals surface area contributed by atoms with E-state index in [9.17, 15) is 19.7 Å². The number of rotatable bonds is 4. The Labute approximate surface area is 89.1 Å². The van der Waals surface area contributed by atoms with Crippen molar-refractivity contribution in [3.8, 4) is 5.75 Å². The molecule has 0 aromatic heterocycles. The van der Waals surface area contributed by atoms with Gasteiger partial charge in [-0.25, -0.2) is 4.79 Å². The highest BCUT2D eigenvalue weighted by Crippen LogP contribution is 2.23. The number of nitro benzene ring substituents is 1. The molecule has 0 amide bonds. The molecule has 0 aliphatic carbocycles. The van der Waals surface area contributed by atoms with E-state index in [1.807, 2.05) is 0 Å². The third-order valence-corrected chi connectivity index (χ3v) is 1.85. The van der Waals surface area contributed by atoms with Gasteiger partial charge >= 0.3 is 5.97 Å². The summed E-state index contributed by atoms with van der Waals surface area (Å²) in [5.41, 5.74) is -0.523. The Morgan fingerprint density at radius 3 is 2.50 bits per heavy atom. The van der Waals surface area contributed by atoms with E-state index in [-0.39, 0.29) is 11.3 Å².